The van der Waals surface area contributed by atoms with Crippen molar-refractivity contribution in [3.63, 3.8) is 0 Å². The summed E-state index contributed by atoms with van der Waals surface area (Å²) >= 11 is 6.48. The first kappa shape index (κ1) is 25.5. The fraction of sp³-hybridized carbons (Fsp3) is 0.704. The van der Waals surface area contributed by atoms with Gasteiger partial charge in [-0.15, -0.1) is 0 Å². The van der Waals surface area contributed by atoms with Crippen LogP contribution in [-0.2, 0) is 17.8 Å². The van der Waals surface area contributed by atoms with Crippen molar-refractivity contribution in [3.8, 4) is 0 Å². The maximum atomic E-state index is 12.9. The molecule has 1 atom stereocenters. The Balaban J connectivity index is 1.34. The van der Waals surface area contributed by atoms with Crippen molar-refractivity contribution in [3.05, 3.63) is 33.8 Å². The van der Waals surface area contributed by atoms with Crippen LogP contribution in [0.5, 0.6) is 0 Å². The molecule has 1 aromatic carbocycles. The number of aliphatic hydroxyl groups excluding tert-OH is 1. The van der Waals surface area contributed by atoms with E-state index in [9.17, 15) is 14.7 Å². The van der Waals surface area contributed by atoms with Crippen LogP contribution in [0.2, 0.25) is 5.02 Å². The number of piperazine rings is 1. The van der Waals surface area contributed by atoms with E-state index in [0.29, 0.717) is 23.8 Å². The Labute approximate surface area is 209 Å². The van der Waals surface area contributed by atoms with Crippen LogP contribution in [0.4, 0.5) is 4.79 Å². The highest BCUT2D eigenvalue weighted by molar-refractivity contribution is 6.30. The van der Waals surface area contributed by atoms with E-state index >= 15 is 0 Å². The van der Waals surface area contributed by atoms with E-state index < -0.39 is 0 Å². The van der Waals surface area contributed by atoms with Crippen molar-refractivity contribution >= 4 is 23.4 Å². The summed E-state index contributed by atoms with van der Waals surface area (Å²) < 4.78 is 0. The van der Waals surface area contributed by atoms with Crippen LogP contribution in [0.3, 0.4) is 0 Å². The van der Waals surface area contributed by atoms with E-state index in [1.54, 1.807) is 0 Å². The zero-order chi connectivity index (χ0) is 24.2. The summed E-state index contributed by atoms with van der Waals surface area (Å²) in [4.78, 5) is 32.1. The van der Waals surface area contributed by atoms with Gasteiger partial charge >= 0.3 is 6.03 Å². The monoisotopic (exact) mass is 489 g/mol. The average molecular weight is 490 g/mol. The number of ketones is 1. The number of carbonyl (C=O) groups excluding carboxylic acids is 2. The summed E-state index contributed by atoms with van der Waals surface area (Å²) in [5.74, 6) is 0.663. The fourth-order valence-electron chi connectivity index (χ4n) is 5.89. The molecule has 2 saturated heterocycles. The Morgan fingerprint density at radius 3 is 2.38 bits per heavy atom. The van der Waals surface area contributed by atoms with Crippen molar-refractivity contribution in [1.82, 2.24) is 14.7 Å². The van der Waals surface area contributed by atoms with Crippen molar-refractivity contribution in [2.24, 2.45) is 5.92 Å². The second-order valence-electron chi connectivity index (χ2n) is 10.7. The maximum Gasteiger partial charge on any atom is 0.320 e. The van der Waals surface area contributed by atoms with Crippen LogP contribution < -0.4 is 0 Å². The molecule has 0 aromatic heterocycles. The number of Topliss-reactive ketones (excluding diaryl/α,β-unsaturated/α-hetero) is 1. The molecule has 6 nitrogen and oxygen atoms in total. The lowest BCUT2D eigenvalue weighted by atomic mass is 9.83. The van der Waals surface area contributed by atoms with Gasteiger partial charge in [-0.25, -0.2) is 4.79 Å². The zero-order valence-electron chi connectivity index (χ0n) is 20.8. The molecule has 1 N–H and O–H groups in total. The van der Waals surface area contributed by atoms with E-state index in [1.165, 1.54) is 5.56 Å². The molecule has 1 aliphatic carbocycles. The molecule has 0 unspecified atom stereocenters. The number of likely N-dealkylation sites (tertiary alicyclic amines) is 1. The number of nitrogens with zero attached hydrogens (tertiary/aromatic N) is 3. The number of urea groups is 1. The summed E-state index contributed by atoms with van der Waals surface area (Å²) in [5.41, 5.74) is 3.35. The Morgan fingerprint density at radius 2 is 1.71 bits per heavy atom. The first-order valence-electron chi connectivity index (χ1n) is 13.1. The molecule has 7 heteroatoms. The Bertz CT molecular complexity index is 878. The highest BCUT2D eigenvalue weighted by atomic mass is 35.5. The number of carbonyl (C=O) groups is 2. The van der Waals surface area contributed by atoms with Gasteiger partial charge in [-0.1, -0.05) is 11.6 Å². The number of benzene rings is 1. The molecule has 2 heterocycles. The number of hydrogen-bond acceptors (Lipinski definition) is 4. The normalized spacial score (nSPS) is 26.2. The summed E-state index contributed by atoms with van der Waals surface area (Å²) in [6, 6.07) is 4.34. The molecule has 188 valence electrons. The lowest BCUT2D eigenvalue weighted by Crippen LogP contribution is -2.56. The number of halogens is 1. The van der Waals surface area contributed by atoms with Gasteiger partial charge in [0, 0.05) is 63.2 Å². The van der Waals surface area contributed by atoms with Gasteiger partial charge < -0.3 is 14.9 Å². The first-order valence-corrected chi connectivity index (χ1v) is 13.4. The van der Waals surface area contributed by atoms with E-state index in [4.69, 9.17) is 11.6 Å². The topological polar surface area (TPSA) is 64.1 Å². The van der Waals surface area contributed by atoms with Crippen LogP contribution >= 0.6 is 11.6 Å². The minimum Gasteiger partial charge on any atom is -0.393 e. The van der Waals surface area contributed by atoms with Gasteiger partial charge in [0.05, 0.1) is 6.10 Å². The number of rotatable bonds is 6. The highest BCUT2D eigenvalue weighted by Gasteiger charge is 2.31. The third-order valence-corrected chi connectivity index (χ3v) is 8.25. The molecule has 0 radical (unpaired) electrons. The van der Waals surface area contributed by atoms with Gasteiger partial charge in [-0.2, -0.15) is 0 Å². The number of aliphatic hydroxyl groups is 1. The summed E-state index contributed by atoms with van der Waals surface area (Å²) in [5, 5.41) is 10.4. The van der Waals surface area contributed by atoms with Gasteiger partial charge in [-0.05, 0) is 87.1 Å². The molecule has 34 heavy (non-hydrogen) atoms. The Hall–Kier alpha value is -1.63. The zero-order valence-corrected chi connectivity index (χ0v) is 21.5. The van der Waals surface area contributed by atoms with Crippen molar-refractivity contribution in [2.75, 3.05) is 32.7 Å². The standard InChI is InChI=1S/C27H40ClN3O3/c1-19-17-29(11-12-31(19)27(34)30-9-3-4-10-30)18-23-15-24(28)14-22(20(23)2)16-26(33)13-21-5-7-25(32)8-6-21/h14-15,19,21,25,32H,3-13,16-18H2,1-2H3/t19-,21?,25?/m0/s1. The molecule has 3 fully saturated rings. The quantitative estimate of drug-likeness (QED) is 0.642. The Kier molecular flexibility index (Phi) is 8.54. The lowest BCUT2D eigenvalue weighted by Gasteiger charge is -2.41. The number of hydrogen-bond donors (Lipinski definition) is 1. The van der Waals surface area contributed by atoms with E-state index in [1.807, 2.05) is 21.9 Å². The van der Waals surface area contributed by atoms with Crippen LogP contribution in [0.15, 0.2) is 12.1 Å². The van der Waals surface area contributed by atoms with Gasteiger partial charge in [0.1, 0.15) is 5.78 Å². The molecular formula is C27H40ClN3O3. The predicted molar refractivity (Wildman–Crippen MR) is 135 cm³/mol. The fourth-order valence-corrected chi connectivity index (χ4v) is 6.16. The smallest absolute Gasteiger partial charge is 0.320 e. The third-order valence-electron chi connectivity index (χ3n) is 8.04. The van der Waals surface area contributed by atoms with Crippen LogP contribution in [0.1, 0.15) is 68.6 Å². The van der Waals surface area contributed by atoms with E-state index in [2.05, 4.69) is 18.7 Å². The third kappa shape index (κ3) is 6.32. The van der Waals surface area contributed by atoms with Gasteiger partial charge in [0.25, 0.3) is 0 Å². The first-order chi connectivity index (χ1) is 16.3. The van der Waals surface area contributed by atoms with Crippen molar-refractivity contribution < 1.29 is 14.7 Å². The maximum absolute atomic E-state index is 12.9. The van der Waals surface area contributed by atoms with Crippen LogP contribution in [0, 0.1) is 12.8 Å². The molecule has 2 aliphatic heterocycles. The molecule has 4 rings (SSSR count). The predicted octanol–water partition coefficient (Wildman–Crippen LogP) is 4.42. The number of amides is 2. The van der Waals surface area contributed by atoms with E-state index in [-0.39, 0.29) is 24.0 Å². The summed E-state index contributed by atoms with van der Waals surface area (Å²) in [6.45, 7) is 9.23. The van der Waals surface area contributed by atoms with Crippen LogP contribution in [-0.4, -0.2) is 76.5 Å². The van der Waals surface area contributed by atoms with Gasteiger partial charge in [0.15, 0.2) is 0 Å². The second-order valence-corrected chi connectivity index (χ2v) is 11.1. The SMILES string of the molecule is Cc1c(CC(=O)CC2CCC(O)CC2)cc(Cl)cc1CN1CCN(C(=O)N2CCCC2)[C@@H](C)C1. The molecular weight excluding hydrogens is 450 g/mol. The second kappa shape index (κ2) is 11.4. The van der Waals surface area contributed by atoms with Crippen molar-refractivity contribution in [1.29, 1.82) is 0 Å². The summed E-state index contributed by atoms with van der Waals surface area (Å²) in [7, 11) is 0. The molecule has 3 aliphatic rings. The minimum absolute atomic E-state index is 0.177. The highest BCUT2D eigenvalue weighted by Crippen LogP contribution is 2.29. The molecule has 0 spiro atoms. The van der Waals surface area contributed by atoms with E-state index in [0.717, 1.165) is 88.9 Å². The Morgan fingerprint density at radius 1 is 1.03 bits per heavy atom. The summed E-state index contributed by atoms with van der Waals surface area (Å²) in [6.07, 6.45) is 6.57. The average Bonchev–Trinajstić information content (AvgIpc) is 3.33. The molecule has 0 bridgehead atoms. The van der Waals surface area contributed by atoms with Gasteiger partial charge in [0.2, 0.25) is 0 Å². The van der Waals surface area contributed by atoms with Crippen molar-refractivity contribution in [2.45, 2.75) is 83.9 Å². The molecule has 1 aromatic rings. The largest absolute Gasteiger partial charge is 0.393 e. The lowest BCUT2D eigenvalue weighted by molar-refractivity contribution is -0.119. The van der Waals surface area contributed by atoms with Gasteiger partial charge in [-0.3, -0.25) is 9.69 Å². The minimum atomic E-state index is -0.188. The van der Waals surface area contributed by atoms with Crippen LogP contribution in [0.25, 0.3) is 0 Å². The molecule has 2 amide bonds. The molecule has 1 saturated carbocycles.